The van der Waals surface area contributed by atoms with Crippen molar-refractivity contribution in [1.29, 1.82) is 0 Å². The van der Waals surface area contributed by atoms with Crippen LogP contribution in [0.5, 0.6) is 0 Å². The lowest BCUT2D eigenvalue weighted by molar-refractivity contribution is 0.0194. The van der Waals surface area contributed by atoms with Crippen LogP contribution in [0.2, 0.25) is 10.0 Å². The Hall–Kier alpha value is -1.10. The van der Waals surface area contributed by atoms with Crippen LogP contribution in [0.25, 0.3) is 0 Å². The zero-order chi connectivity index (χ0) is 20.5. The molecule has 3 rings (SSSR count). The van der Waals surface area contributed by atoms with Crippen LogP contribution in [0, 0.1) is 0 Å². The molecule has 30 heavy (non-hydrogen) atoms. The third kappa shape index (κ3) is 7.86. The second-order valence-corrected chi connectivity index (χ2v) is 7.83. The van der Waals surface area contributed by atoms with Crippen molar-refractivity contribution in [1.82, 2.24) is 25.4 Å². The first kappa shape index (κ1) is 25.2. The molecular weight excluding hydrogens is 538 g/mol. The van der Waals surface area contributed by atoms with E-state index in [2.05, 4.69) is 27.8 Å². The minimum absolute atomic E-state index is 0. The number of hydrogen-bond acceptors (Lipinski definition) is 4. The number of guanidine groups is 1. The molecule has 0 spiro atoms. The van der Waals surface area contributed by atoms with Crippen LogP contribution in [-0.2, 0) is 24.2 Å². The van der Waals surface area contributed by atoms with Gasteiger partial charge in [-0.25, -0.2) is 4.99 Å². The van der Waals surface area contributed by atoms with Crippen LogP contribution < -0.4 is 10.6 Å². The Labute approximate surface area is 205 Å². The van der Waals surface area contributed by atoms with E-state index in [0.717, 1.165) is 56.3 Å². The maximum atomic E-state index is 6.29. The normalized spacial score (nSPS) is 16.8. The van der Waals surface area contributed by atoms with E-state index in [1.165, 1.54) is 6.42 Å². The lowest BCUT2D eigenvalue weighted by atomic mass is 10.1. The van der Waals surface area contributed by atoms with Crippen molar-refractivity contribution in [3.8, 4) is 0 Å². The van der Waals surface area contributed by atoms with Crippen LogP contribution in [0.4, 0.5) is 0 Å². The number of nitrogens with one attached hydrogen (secondary N) is 2. The summed E-state index contributed by atoms with van der Waals surface area (Å²) in [6.45, 7) is 5.56. The summed E-state index contributed by atoms with van der Waals surface area (Å²) in [7, 11) is 0. The number of aromatic nitrogens is 3. The number of halogens is 3. The Morgan fingerprint density at radius 1 is 1.30 bits per heavy atom. The van der Waals surface area contributed by atoms with Crippen LogP contribution in [0.15, 0.2) is 29.5 Å². The van der Waals surface area contributed by atoms with E-state index < -0.39 is 0 Å². The summed E-state index contributed by atoms with van der Waals surface area (Å²) in [5, 5.41) is 16.1. The highest BCUT2D eigenvalue weighted by Gasteiger charge is 2.14. The van der Waals surface area contributed by atoms with Crippen molar-refractivity contribution in [3.05, 3.63) is 46.0 Å². The molecule has 0 amide bonds. The van der Waals surface area contributed by atoms with Gasteiger partial charge < -0.3 is 19.9 Å². The summed E-state index contributed by atoms with van der Waals surface area (Å²) in [6.07, 6.45) is 6.26. The fourth-order valence-corrected chi connectivity index (χ4v) is 3.67. The molecule has 0 radical (unpaired) electrons. The minimum Gasteiger partial charge on any atom is -0.376 e. The molecule has 1 aliphatic rings. The highest BCUT2D eigenvalue weighted by Crippen LogP contribution is 2.21. The van der Waals surface area contributed by atoms with Crippen LogP contribution >= 0.6 is 47.2 Å². The second-order valence-electron chi connectivity index (χ2n) is 6.99. The molecule has 7 nitrogen and oxygen atoms in total. The molecule has 10 heteroatoms. The summed E-state index contributed by atoms with van der Waals surface area (Å²) in [4.78, 5) is 4.70. The van der Waals surface area contributed by atoms with Gasteiger partial charge in [0.25, 0.3) is 0 Å². The van der Waals surface area contributed by atoms with Gasteiger partial charge in [0.15, 0.2) is 5.96 Å². The highest BCUT2D eigenvalue weighted by atomic mass is 127. The molecule has 0 aliphatic carbocycles. The largest absolute Gasteiger partial charge is 0.376 e. The molecule has 2 aromatic rings. The Bertz CT molecular complexity index is 810. The van der Waals surface area contributed by atoms with E-state index in [0.29, 0.717) is 23.1 Å². The van der Waals surface area contributed by atoms with Crippen molar-refractivity contribution in [2.24, 2.45) is 4.99 Å². The lowest BCUT2D eigenvalue weighted by Gasteiger charge is -2.24. The van der Waals surface area contributed by atoms with Gasteiger partial charge >= 0.3 is 0 Å². The highest BCUT2D eigenvalue weighted by molar-refractivity contribution is 14.0. The van der Waals surface area contributed by atoms with E-state index in [4.69, 9.17) is 32.9 Å². The monoisotopic (exact) mass is 566 g/mol. The topological polar surface area (TPSA) is 76.4 Å². The average molecular weight is 567 g/mol. The van der Waals surface area contributed by atoms with Gasteiger partial charge in [0.1, 0.15) is 12.2 Å². The van der Waals surface area contributed by atoms with Crippen LogP contribution in [0.3, 0.4) is 0 Å². The predicted octanol–water partition coefficient (Wildman–Crippen LogP) is 4.07. The lowest BCUT2D eigenvalue weighted by Crippen LogP contribution is -2.43. The Morgan fingerprint density at radius 2 is 2.17 bits per heavy atom. The Balaban J connectivity index is 0.00000320. The first-order chi connectivity index (χ1) is 14.2. The van der Waals surface area contributed by atoms with Gasteiger partial charge in [-0.15, -0.1) is 34.2 Å². The zero-order valence-corrected chi connectivity index (χ0v) is 21.0. The second kappa shape index (κ2) is 13.3. The molecule has 1 unspecified atom stereocenters. The fourth-order valence-electron chi connectivity index (χ4n) is 3.20. The summed E-state index contributed by atoms with van der Waals surface area (Å²) in [5.74, 6) is 1.71. The standard InChI is InChI=1S/C20H28Cl2N6O.HI/c1-2-19-27-26-14-28(19)9-8-23-20(25-13-17-5-3-4-10-29-17)24-12-15-6-7-16(21)11-18(15)22;/h6-7,11,14,17H,2-5,8-10,12-13H2,1H3,(H2,23,24,25);1H. The summed E-state index contributed by atoms with van der Waals surface area (Å²) in [6, 6.07) is 5.47. The van der Waals surface area contributed by atoms with Crippen molar-refractivity contribution >= 4 is 53.1 Å². The van der Waals surface area contributed by atoms with Crippen molar-refractivity contribution in [2.75, 3.05) is 19.7 Å². The van der Waals surface area contributed by atoms with E-state index in [9.17, 15) is 0 Å². The average Bonchev–Trinajstić information content (AvgIpc) is 3.19. The predicted molar refractivity (Wildman–Crippen MR) is 132 cm³/mol. The third-order valence-electron chi connectivity index (χ3n) is 4.85. The molecule has 1 atom stereocenters. The van der Waals surface area contributed by atoms with Gasteiger partial charge in [-0.1, -0.05) is 36.2 Å². The van der Waals surface area contributed by atoms with E-state index in [1.54, 1.807) is 12.4 Å². The van der Waals surface area contributed by atoms with Gasteiger partial charge in [-0.2, -0.15) is 0 Å². The first-order valence-electron chi connectivity index (χ1n) is 10.1. The number of benzene rings is 1. The summed E-state index contributed by atoms with van der Waals surface area (Å²) in [5.41, 5.74) is 0.929. The molecule has 2 heterocycles. The third-order valence-corrected chi connectivity index (χ3v) is 5.44. The number of aliphatic imine (C=N–C) groups is 1. The molecule has 1 fully saturated rings. The molecular formula is C20H29Cl2IN6O. The van der Waals surface area contributed by atoms with Gasteiger partial charge in [-0.05, 0) is 37.0 Å². The number of hydrogen-bond donors (Lipinski definition) is 2. The van der Waals surface area contributed by atoms with Gasteiger partial charge in [0.2, 0.25) is 0 Å². The molecule has 1 aliphatic heterocycles. The molecule has 1 saturated heterocycles. The molecule has 0 saturated carbocycles. The SMILES string of the molecule is CCc1nncn1CCNC(=NCc1ccc(Cl)cc1Cl)NCC1CCCCO1.I. The number of nitrogens with zero attached hydrogens (tertiary/aromatic N) is 4. The Morgan fingerprint density at radius 3 is 2.90 bits per heavy atom. The smallest absolute Gasteiger partial charge is 0.191 e. The van der Waals surface area contributed by atoms with E-state index >= 15 is 0 Å². The summed E-state index contributed by atoms with van der Waals surface area (Å²) < 4.78 is 7.86. The zero-order valence-electron chi connectivity index (χ0n) is 17.1. The van der Waals surface area contributed by atoms with Gasteiger partial charge in [0.05, 0.1) is 12.6 Å². The fraction of sp³-hybridized carbons (Fsp3) is 0.550. The maximum absolute atomic E-state index is 6.29. The molecule has 2 N–H and O–H groups in total. The van der Waals surface area contributed by atoms with Crippen LogP contribution in [-0.4, -0.2) is 46.5 Å². The van der Waals surface area contributed by atoms with Crippen LogP contribution in [0.1, 0.15) is 37.6 Å². The number of rotatable bonds is 8. The number of ether oxygens (including phenoxy) is 1. The van der Waals surface area contributed by atoms with Crippen molar-refractivity contribution in [3.63, 3.8) is 0 Å². The molecule has 166 valence electrons. The minimum atomic E-state index is 0. The Kier molecular flexibility index (Phi) is 11.2. The first-order valence-corrected chi connectivity index (χ1v) is 10.9. The quantitative estimate of drug-likeness (QED) is 0.286. The van der Waals surface area contributed by atoms with Gasteiger partial charge in [0, 0.05) is 42.7 Å². The van der Waals surface area contributed by atoms with Gasteiger partial charge in [-0.3, -0.25) is 0 Å². The maximum Gasteiger partial charge on any atom is 0.191 e. The molecule has 1 aromatic heterocycles. The van der Waals surface area contributed by atoms with Crippen molar-refractivity contribution < 1.29 is 4.74 Å². The summed E-state index contributed by atoms with van der Waals surface area (Å²) >= 11 is 12.3. The van der Waals surface area contributed by atoms with E-state index in [1.807, 2.05) is 16.7 Å². The number of aryl methyl sites for hydroxylation is 1. The molecule has 1 aromatic carbocycles. The van der Waals surface area contributed by atoms with E-state index in [-0.39, 0.29) is 30.1 Å². The molecule has 0 bridgehead atoms. The van der Waals surface area contributed by atoms with Crippen molar-refractivity contribution in [2.45, 2.75) is 51.8 Å².